The highest BCUT2D eigenvalue weighted by molar-refractivity contribution is 5.94. The molecule has 3 rings (SSSR count). The van der Waals surface area contributed by atoms with Gasteiger partial charge in [0, 0.05) is 32.1 Å². The maximum absolute atomic E-state index is 12.3. The molecule has 1 fully saturated rings. The lowest BCUT2D eigenvalue weighted by atomic mass is 10.2. The molecule has 5 nitrogen and oxygen atoms in total. The minimum atomic E-state index is -0.115. The highest BCUT2D eigenvalue weighted by Crippen LogP contribution is 2.23. The SMILES string of the molecule is CN(c1ccccc1)c1cncc(C(=O)NCC2CCCO2)c1. The van der Waals surface area contributed by atoms with Gasteiger partial charge in [-0.1, -0.05) is 18.2 Å². The van der Waals surface area contributed by atoms with Crippen LogP contribution in [0.1, 0.15) is 23.2 Å². The minimum absolute atomic E-state index is 0.115. The number of para-hydroxylation sites is 1. The predicted octanol–water partition coefficient (Wildman–Crippen LogP) is 2.76. The third kappa shape index (κ3) is 3.87. The number of benzene rings is 1. The number of rotatable bonds is 5. The molecule has 1 aromatic heterocycles. The normalized spacial score (nSPS) is 17.0. The van der Waals surface area contributed by atoms with Crippen molar-refractivity contribution in [1.82, 2.24) is 10.3 Å². The largest absolute Gasteiger partial charge is 0.376 e. The number of amides is 1. The molecule has 2 aromatic rings. The van der Waals surface area contributed by atoms with E-state index in [4.69, 9.17) is 4.74 Å². The molecular weight excluding hydrogens is 290 g/mol. The molecule has 120 valence electrons. The molecule has 0 radical (unpaired) electrons. The molecule has 0 aliphatic carbocycles. The summed E-state index contributed by atoms with van der Waals surface area (Å²) in [5, 5.41) is 2.92. The Labute approximate surface area is 136 Å². The standard InChI is InChI=1S/C18H21N3O2/c1-21(15-6-3-2-4-7-15)16-10-14(11-19-12-16)18(22)20-13-17-8-5-9-23-17/h2-4,6-7,10-12,17H,5,8-9,13H2,1H3,(H,20,22). The molecule has 5 heteroatoms. The summed E-state index contributed by atoms with van der Waals surface area (Å²) in [6.07, 6.45) is 5.56. The Balaban J connectivity index is 1.67. The van der Waals surface area contributed by atoms with Crippen LogP contribution in [-0.2, 0) is 4.74 Å². The van der Waals surface area contributed by atoms with Gasteiger partial charge >= 0.3 is 0 Å². The average molecular weight is 311 g/mol. The summed E-state index contributed by atoms with van der Waals surface area (Å²) in [5.41, 5.74) is 2.48. The number of hydrogen-bond donors (Lipinski definition) is 1. The van der Waals surface area contributed by atoms with Gasteiger partial charge in [-0.25, -0.2) is 0 Å². The van der Waals surface area contributed by atoms with Gasteiger partial charge in [0.15, 0.2) is 0 Å². The lowest BCUT2D eigenvalue weighted by molar-refractivity contribution is 0.0857. The topological polar surface area (TPSA) is 54.5 Å². The van der Waals surface area contributed by atoms with E-state index in [1.54, 1.807) is 12.4 Å². The van der Waals surface area contributed by atoms with Gasteiger partial charge in [-0.2, -0.15) is 0 Å². The third-order valence-electron chi connectivity index (χ3n) is 4.03. The molecular formula is C18H21N3O2. The van der Waals surface area contributed by atoms with Crippen molar-refractivity contribution < 1.29 is 9.53 Å². The number of aromatic nitrogens is 1. The van der Waals surface area contributed by atoms with Crippen LogP contribution in [0.2, 0.25) is 0 Å². The second kappa shape index (κ2) is 7.24. The maximum atomic E-state index is 12.3. The molecule has 1 saturated heterocycles. The Bertz CT molecular complexity index is 654. The zero-order valence-corrected chi connectivity index (χ0v) is 13.2. The molecule has 23 heavy (non-hydrogen) atoms. The molecule has 0 spiro atoms. The Morgan fingerprint density at radius 3 is 2.87 bits per heavy atom. The summed E-state index contributed by atoms with van der Waals surface area (Å²) >= 11 is 0. The first kappa shape index (κ1) is 15.5. The number of hydrogen-bond acceptors (Lipinski definition) is 4. The van der Waals surface area contributed by atoms with E-state index in [1.807, 2.05) is 48.3 Å². The molecule has 1 amide bonds. The van der Waals surface area contributed by atoms with Crippen molar-refractivity contribution in [3.63, 3.8) is 0 Å². The second-order valence-corrected chi connectivity index (χ2v) is 5.67. The van der Waals surface area contributed by atoms with Crippen LogP contribution >= 0.6 is 0 Å². The van der Waals surface area contributed by atoms with E-state index in [0.717, 1.165) is 30.8 Å². The Morgan fingerprint density at radius 1 is 1.30 bits per heavy atom. The molecule has 2 heterocycles. The Kier molecular flexibility index (Phi) is 4.88. The van der Waals surface area contributed by atoms with Crippen LogP contribution in [0.25, 0.3) is 0 Å². The predicted molar refractivity (Wildman–Crippen MR) is 90.0 cm³/mol. The first-order chi connectivity index (χ1) is 11.2. The van der Waals surface area contributed by atoms with E-state index in [2.05, 4.69) is 10.3 Å². The molecule has 1 aromatic carbocycles. The van der Waals surface area contributed by atoms with Gasteiger partial charge in [0.25, 0.3) is 5.91 Å². The van der Waals surface area contributed by atoms with Gasteiger partial charge in [-0.05, 0) is 31.0 Å². The van der Waals surface area contributed by atoms with E-state index < -0.39 is 0 Å². The summed E-state index contributed by atoms with van der Waals surface area (Å²) in [6.45, 7) is 1.34. The van der Waals surface area contributed by atoms with Gasteiger partial charge in [0.1, 0.15) is 0 Å². The number of carbonyl (C=O) groups is 1. The van der Waals surface area contributed by atoms with Gasteiger partial charge in [0.05, 0.1) is 23.6 Å². The summed E-state index contributed by atoms with van der Waals surface area (Å²) in [4.78, 5) is 18.5. The fraction of sp³-hybridized carbons (Fsp3) is 0.333. The number of nitrogens with zero attached hydrogens (tertiary/aromatic N) is 2. The monoisotopic (exact) mass is 311 g/mol. The highest BCUT2D eigenvalue weighted by atomic mass is 16.5. The van der Waals surface area contributed by atoms with Gasteiger partial charge in [0.2, 0.25) is 0 Å². The van der Waals surface area contributed by atoms with E-state index in [-0.39, 0.29) is 12.0 Å². The lowest BCUT2D eigenvalue weighted by Gasteiger charge is -2.19. The summed E-state index contributed by atoms with van der Waals surface area (Å²) in [5.74, 6) is -0.115. The van der Waals surface area contributed by atoms with Crippen molar-refractivity contribution in [3.8, 4) is 0 Å². The summed E-state index contributed by atoms with van der Waals surface area (Å²) < 4.78 is 5.52. The van der Waals surface area contributed by atoms with E-state index in [9.17, 15) is 4.79 Å². The smallest absolute Gasteiger partial charge is 0.253 e. The number of carbonyl (C=O) groups excluding carboxylic acids is 1. The first-order valence-corrected chi connectivity index (χ1v) is 7.87. The van der Waals surface area contributed by atoms with Crippen molar-refractivity contribution in [2.45, 2.75) is 18.9 Å². The average Bonchev–Trinajstić information content (AvgIpc) is 3.13. The molecule has 0 bridgehead atoms. The summed E-state index contributed by atoms with van der Waals surface area (Å²) in [7, 11) is 1.96. The fourth-order valence-electron chi connectivity index (χ4n) is 2.65. The number of ether oxygens (including phenoxy) is 1. The van der Waals surface area contributed by atoms with E-state index >= 15 is 0 Å². The Hall–Kier alpha value is -2.40. The van der Waals surface area contributed by atoms with Crippen molar-refractivity contribution in [2.75, 3.05) is 25.1 Å². The van der Waals surface area contributed by atoms with Crippen LogP contribution in [0.5, 0.6) is 0 Å². The van der Waals surface area contributed by atoms with Crippen LogP contribution in [0.15, 0.2) is 48.8 Å². The van der Waals surface area contributed by atoms with E-state index in [0.29, 0.717) is 12.1 Å². The second-order valence-electron chi connectivity index (χ2n) is 5.67. The van der Waals surface area contributed by atoms with Crippen molar-refractivity contribution >= 4 is 17.3 Å². The minimum Gasteiger partial charge on any atom is -0.376 e. The molecule has 0 saturated carbocycles. The zero-order chi connectivity index (χ0) is 16.1. The van der Waals surface area contributed by atoms with Crippen molar-refractivity contribution in [3.05, 3.63) is 54.4 Å². The summed E-state index contributed by atoms with van der Waals surface area (Å²) in [6, 6.07) is 11.8. The highest BCUT2D eigenvalue weighted by Gasteiger charge is 2.17. The number of nitrogens with one attached hydrogen (secondary N) is 1. The fourth-order valence-corrected chi connectivity index (χ4v) is 2.65. The number of anilines is 2. The zero-order valence-electron chi connectivity index (χ0n) is 13.2. The van der Waals surface area contributed by atoms with Crippen molar-refractivity contribution in [1.29, 1.82) is 0 Å². The first-order valence-electron chi connectivity index (χ1n) is 7.87. The van der Waals surface area contributed by atoms with Crippen LogP contribution < -0.4 is 10.2 Å². The van der Waals surface area contributed by atoms with Gasteiger partial charge in [-0.15, -0.1) is 0 Å². The molecule has 1 unspecified atom stereocenters. The maximum Gasteiger partial charge on any atom is 0.253 e. The quantitative estimate of drug-likeness (QED) is 0.922. The van der Waals surface area contributed by atoms with E-state index in [1.165, 1.54) is 0 Å². The van der Waals surface area contributed by atoms with Crippen LogP contribution in [0.3, 0.4) is 0 Å². The van der Waals surface area contributed by atoms with Crippen LogP contribution in [-0.4, -0.2) is 37.2 Å². The van der Waals surface area contributed by atoms with Gasteiger partial charge in [-0.3, -0.25) is 9.78 Å². The van der Waals surface area contributed by atoms with Gasteiger partial charge < -0.3 is 15.0 Å². The van der Waals surface area contributed by atoms with Crippen molar-refractivity contribution in [2.24, 2.45) is 0 Å². The Morgan fingerprint density at radius 2 is 2.13 bits per heavy atom. The molecule has 1 aliphatic rings. The number of pyridine rings is 1. The van der Waals surface area contributed by atoms with Crippen LogP contribution in [0, 0.1) is 0 Å². The lowest BCUT2D eigenvalue weighted by Crippen LogP contribution is -2.31. The molecule has 1 atom stereocenters. The molecule has 1 aliphatic heterocycles. The third-order valence-corrected chi connectivity index (χ3v) is 4.03. The van der Waals surface area contributed by atoms with Crippen LogP contribution in [0.4, 0.5) is 11.4 Å². The molecule has 1 N–H and O–H groups in total.